The number of halogens is 4. The number of hydrogen-bond acceptors (Lipinski definition) is 2. The number of nitrogens with one attached hydrogen (secondary N) is 2. The van der Waals surface area contributed by atoms with Crippen LogP contribution in [0.15, 0.2) is 36.5 Å². The summed E-state index contributed by atoms with van der Waals surface area (Å²) in [6, 6.07) is 6.68. The topological polar surface area (TPSA) is 54.1 Å². The molecule has 3 aromatic rings. The average Bonchev–Trinajstić information content (AvgIpc) is 2.97. The smallest absolute Gasteiger partial charge is 0.255 e. The summed E-state index contributed by atoms with van der Waals surface area (Å²) in [7, 11) is 0. The first-order valence-corrected chi connectivity index (χ1v) is 8.64. The molecule has 146 valence electrons. The lowest BCUT2D eigenvalue weighted by Crippen LogP contribution is -2.43. The highest BCUT2D eigenvalue weighted by Crippen LogP contribution is 2.40. The summed E-state index contributed by atoms with van der Waals surface area (Å²) in [5, 5.41) is 2.99. The number of aromatic amines is 1. The summed E-state index contributed by atoms with van der Waals surface area (Å²) in [5.74, 6) is -4.67. The van der Waals surface area contributed by atoms with E-state index in [4.69, 9.17) is 4.74 Å². The molecule has 0 aliphatic heterocycles. The molecule has 0 unspecified atom stereocenters. The fourth-order valence-corrected chi connectivity index (χ4v) is 3.21. The van der Waals surface area contributed by atoms with Crippen molar-refractivity contribution in [3.8, 4) is 5.75 Å². The number of fused-ring (bicyclic) bond motifs is 1. The van der Waals surface area contributed by atoms with Crippen molar-refractivity contribution in [2.75, 3.05) is 5.32 Å². The summed E-state index contributed by atoms with van der Waals surface area (Å²) >= 11 is 0. The van der Waals surface area contributed by atoms with E-state index in [1.807, 2.05) is 0 Å². The molecule has 1 amide bonds. The molecule has 1 heterocycles. The Bertz CT molecular complexity index is 1070. The zero-order chi connectivity index (χ0) is 20.1. The van der Waals surface area contributed by atoms with Gasteiger partial charge >= 0.3 is 0 Å². The van der Waals surface area contributed by atoms with Gasteiger partial charge in [0.05, 0.1) is 11.2 Å². The lowest BCUT2D eigenvalue weighted by Gasteiger charge is -2.35. The molecule has 1 fully saturated rings. The van der Waals surface area contributed by atoms with E-state index in [1.54, 1.807) is 19.1 Å². The maximum atomic E-state index is 13.5. The van der Waals surface area contributed by atoms with Crippen LogP contribution in [0.2, 0.25) is 0 Å². The second kappa shape index (κ2) is 6.54. The second-order valence-corrected chi connectivity index (χ2v) is 6.95. The monoisotopic (exact) mass is 392 g/mol. The Morgan fingerprint density at radius 3 is 2.57 bits per heavy atom. The summed E-state index contributed by atoms with van der Waals surface area (Å²) in [5.41, 5.74) is 1.62. The minimum absolute atomic E-state index is 0.313. The predicted octanol–water partition coefficient (Wildman–Crippen LogP) is 5.18. The predicted molar refractivity (Wildman–Crippen MR) is 95.9 cm³/mol. The van der Waals surface area contributed by atoms with Gasteiger partial charge in [0.25, 0.3) is 11.8 Å². The van der Waals surface area contributed by atoms with E-state index >= 15 is 0 Å². The van der Waals surface area contributed by atoms with Crippen LogP contribution in [-0.4, -0.2) is 22.9 Å². The van der Waals surface area contributed by atoms with Gasteiger partial charge in [0, 0.05) is 36.1 Å². The van der Waals surface area contributed by atoms with Gasteiger partial charge in [-0.2, -0.15) is 0 Å². The summed E-state index contributed by atoms with van der Waals surface area (Å²) < 4.78 is 58.2. The third-order valence-corrected chi connectivity index (χ3v) is 4.75. The summed E-state index contributed by atoms with van der Waals surface area (Å²) in [6.07, 6.45) is 0.288. The molecular formula is C20H16F4N2O2. The highest BCUT2D eigenvalue weighted by Gasteiger charge is 2.47. The number of rotatable bonds is 4. The molecular weight excluding hydrogens is 376 g/mol. The molecule has 2 N–H and O–H groups in total. The molecule has 0 spiro atoms. The molecule has 0 radical (unpaired) electrons. The van der Waals surface area contributed by atoms with Crippen LogP contribution in [0.4, 0.5) is 23.2 Å². The van der Waals surface area contributed by atoms with E-state index < -0.39 is 29.6 Å². The number of ether oxygens (including phenoxy) is 1. The van der Waals surface area contributed by atoms with Crippen molar-refractivity contribution in [1.82, 2.24) is 4.98 Å². The number of carbonyl (C=O) groups excluding carboxylic acids is 1. The van der Waals surface area contributed by atoms with E-state index in [0.717, 1.165) is 12.1 Å². The molecule has 1 aliphatic rings. The SMILES string of the molecule is Cc1cc(C(=O)Nc2c[nH]c3cc(F)c(F)cc23)ccc1OC1CC(F)(F)C1. The molecule has 1 saturated carbocycles. The fourth-order valence-electron chi connectivity index (χ4n) is 3.21. The van der Waals surface area contributed by atoms with E-state index in [-0.39, 0.29) is 12.8 Å². The third-order valence-electron chi connectivity index (χ3n) is 4.75. The minimum atomic E-state index is -2.67. The summed E-state index contributed by atoms with van der Waals surface area (Å²) in [4.78, 5) is 15.3. The van der Waals surface area contributed by atoms with Crippen LogP contribution in [0.3, 0.4) is 0 Å². The van der Waals surface area contributed by atoms with Crippen molar-refractivity contribution in [3.63, 3.8) is 0 Å². The van der Waals surface area contributed by atoms with Crippen LogP contribution in [0.5, 0.6) is 5.75 Å². The van der Waals surface area contributed by atoms with Crippen LogP contribution in [-0.2, 0) is 0 Å². The van der Waals surface area contributed by atoms with Gasteiger partial charge in [0.2, 0.25) is 0 Å². The molecule has 0 bridgehead atoms. The summed E-state index contributed by atoms with van der Waals surface area (Å²) in [6.45, 7) is 1.72. The Kier molecular flexibility index (Phi) is 4.28. The standard InChI is InChI=1S/C20H16F4N2O2/c1-10-4-11(2-3-18(10)28-12-7-20(23,24)8-12)19(27)26-17-9-25-16-6-15(22)14(21)5-13(16)17/h2-6,9,12,25H,7-8H2,1H3,(H,26,27). The van der Waals surface area contributed by atoms with Crippen LogP contribution in [0.1, 0.15) is 28.8 Å². The van der Waals surface area contributed by atoms with E-state index in [2.05, 4.69) is 10.3 Å². The second-order valence-electron chi connectivity index (χ2n) is 6.95. The van der Waals surface area contributed by atoms with Gasteiger partial charge in [0.1, 0.15) is 11.9 Å². The quantitative estimate of drug-likeness (QED) is 0.601. The van der Waals surface area contributed by atoms with Crippen molar-refractivity contribution in [2.45, 2.75) is 31.8 Å². The van der Waals surface area contributed by atoms with Crippen LogP contribution >= 0.6 is 0 Å². The Morgan fingerprint density at radius 1 is 1.18 bits per heavy atom. The fraction of sp³-hybridized carbons (Fsp3) is 0.250. The number of benzene rings is 2. The van der Waals surface area contributed by atoms with Crippen LogP contribution < -0.4 is 10.1 Å². The first-order valence-electron chi connectivity index (χ1n) is 8.64. The maximum Gasteiger partial charge on any atom is 0.255 e. The largest absolute Gasteiger partial charge is 0.490 e. The first-order chi connectivity index (χ1) is 13.2. The zero-order valence-electron chi connectivity index (χ0n) is 14.8. The van der Waals surface area contributed by atoms with Crippen molar-refractivity contribution >= 4 is 22.5 Å². The molecule has 28 heavy (non-hydrogen) atoms. The van der Waals surface area contributed by atoms with Gasteiger partial charge in [-0.25, -0.2) is 17.6 Å². The third kappa shape index (κ3) is 3.42. The zero-order valence-corrected chi connectivity index (χ0v) is 14.8. The van der Waals surface area contributed by atoms with Gasteiger partial charge in [-0.3, -0.25) is 4.79 Å². The van der Waals surface area contributed by atoms with Gasteiger partial charge in [-0.1, -0.05) is 0 Å². The number of aromatic nitrogens is 1. The van der Waals surface area contributed by atoms with E-state index in [1.165, 1.54) is 12.3 Å². The number of alkyl halides is 2. The number of anilines is 1. The highest BCUT2D eigenvalue weighted by atomic mass is 19.3. The van der Waals surface area contributed by atoms with Gasteiger partial charge in [-0.05, 0) is 36.8 Å². The Labute approximate surface area is 157 Å². The van der Waals surface area contributed by atoms with Crippen molar-refractivity contribution < 1.29 is 27.1 Å². The average molecular weight is 392 g/mol. The Balaban J connectivity index is 1.49. The number of amides is 1. The number of aryl methyl sites for hydroxylation is 1. The molecule has 1 aromatic heterocycles. The van der Waals surface area contributed by atoms with Crippen LogP contribution in [0.25, 0.3) is 10.9 Å². The molecule has 1 aliphatic carbocycles. The maximum absolute atomic E-state index is 13.5. The van der Waals surface area contributed by atoms with Crippen molar-refractivity contribution in [1.29, 1.82) is 0 Å². The van der Waals surface area contributed by atoms with E-state index in [9.17, 15) is 22.4 Å². The Morgan fingerprint density at radius 2 is 1.89 bits per heavy atom. The molecule has 4 nitrogen and oxygen atoms in total. The van der Waals surface area contributed by atoms with Crippen LogP contribution in [0, 0.1) is 18.6 Å². The van der Waals surface area contributed by atoms with Gasteiger partial charge in [-0.15, -0.1) is 0 Å². The number of carbonyl (C=O) groups is 1. The first kappa shape index (κ1) is 18.3. The minimum Gasteiger partial charge on any atom is -0.490 e. The molecule has 8 heteroatoms. The lowest BCUT2D eigenvalue weighted by atomic mass is 9.91. The normalized spacial score (nSPS) is 16.0. The van der Waals surface area contributed by atoms with Crippen molar-refractivity contribution in [3.05, 3.63) is 59.3 Å². The molecule has 0 atom stereocenters. The van der Waals surface area contributed by atoms with Gasteiger partial charge < -0.3 is 15.0 Å². The van der Waals surface area contributed by atoms with Gasteiger partial charge in [0.15, 0.2) is 11.6 Å². The molecule has 2 aromatic carbocycles. The number of hydrogen-bond donors (Lipinski definition) is 2. The van der Waals surface area contributed by atoms with E-state index in [0.29, 0.717) is 33.5 Å². The highest BCUT2D eigenvalue weighted by molar-refractivity contribution is 6.09. The number of H-pyrrole nitrogens is 1. The lowest BCUT2D eigenvalue weighted by molar-refractivity contribution is -0.134. The Hall–Kier alpha value is -3.03. The molecule has 0 saturated heterocycles. The molecule has 4 rings (SSSR count). The van der Waals surface area contributed by atoms with Crippen molar-refractivity contribution in [2.24, 2.45) is 0 Å².